The van der Waals surface area contributed by atoms with Crippen LogP contribution in [0.3, 0.4) is 0 Å². The average molecular weight is 285 g/mol. The topological polar surface area (TPSA) is 83.1 Å². The molecule has 1 aromatic heterocycles. The van der Waals surface area contributed by atoms with E-state index in [1.807, 2.05) is 12.1 Å². The average Bonchev–Trinajstić information content (AvgIpc) is 2.40. The van der Waals surface area contributed by atoms with Crippen molar-refractivity contribution in [2.24, 2.45) is 0 Å². The van der Waals surface area contributed by atoms with Crippen molar-refractivity contribution in [3.05, 3.63) is 30.1 Å². The van der Waals surface area contributed by atoms with Crippen LogP contribution in [0.25, 0.3) is 0 Å². The van der Waals surface area contributed by atoms with Crippen LogP contribution in [-0.2, 0) is 16.1 Å². The third-order valence-corrected chi connectivity index (χ3v) is 2.73. The lowest BCUT2D eigenvalue weighted by atomic mass is 10.1. The van der Waals surface area contributed by atoms with Gasteiger partial charge in [0.05, 0.1) is 12.5 Å². The number of rotatable bonds is 4. The summed E-state index contributed by atoms with van der Waals surface area (Å²) in [4.78, 5) is 27.1. The monoisotopic (exact) mass is 284 g/mol. The molecule has 1 atom stereocenters. The van der Waals surface area contributed by atoms with Crippen molar-refractivity contribution < 1.29 is 9.59 Å². The fourth-order valence-electron chi connectivity index (χ4n) is 1.77. The second-order valence-corrected chi connectivity index (χ2v) is 4.14. The van der Waals surface area contributed by atoms with Crippen molar-refractivity contribution in [3.63, 3.8) is 0 Å². The highest BCUT2D eigenvalue weighted by molar-refractivity contribution is 5.88. The van der Waals surface area contributed by atoms with E-state index in [1.54, 1.807) is 12.4 Å². The number of nitrogens with one attached hydrogen (secondary N) is 3. The minimum atomic E-state index is -0.423. The normalized spacial score (nSPS) is 18.1. The fourth-order valence-corrected chi connectivity index (χ4v) is 1.77. The summed E-state index contributed by atoms with van der Waals surface area (Å²) in [6.45, 7) is 1.75. The number of carbonyl (C=O) groups is 2. The van der Waals surface area contributed by atoms with Crippen molar-refractivity contribution in [2.75, 3.05) is 13.1 Å². The molecule has 1 aromatic rings. The summed E-state index contributed by atoms with van der Waals surface area (Å²) in [6.07, 6.45) is 3.54. The molecule has 0 aliphatic carbocycles. The Morgan fingerprint density at radius 2 is 2.32 bits per heavy atom. The van der Waals surface area contributed by atoms with Crippen molar-refractivity contribution in [1.29, 1.82) is 0 Å². The molecule has 6 nitrogen and oxygen atoms in total. The van der Waals surface area contributed by atoms with Gasteiger partial charge in [-0.05, 0) is 11.6 Å². The second-order valence-electron chi connectivity index (χ2n) is 4.14. The van der Waals surface area contributed by atoms with Crippen molar-refractivity contribution in [2.45, 2.75) is 19.0 Å². The molecule has 2 amide bonds. The zero-order chi connectivity index (χ0) is 12.8. The third-order valence-electron chi connectivity index (χ3n) is 2.73. The Morgan fingerprint density at radius 1 is 1.47 bits per heavy atom. The van der Waals surface area contributed by atoms with E-state index in [2.05, 4.69) is 20.9 Å². The zero-order valence-electron chi connectivity index (χ0n) is 10.4. The molecule has 104 valence electrons. The van der Waals surface area contributed by atoms with Crippen LogP contribution in [0.2, 0.25) is 0 Å². The molecule has 0 aromatic carbocycles. The molecule has 0 spiro atoms. The van der Waals surface area contributed by atoms with Crippen LogP contribution >= 0.6 is 12.4 Å². The van der Waals surface area contributed by atoms with Gasteiger partial charge < -0.3 is 16.0 Å². The molecular formula is C12H17ClN4O2. The fraction of sp³-hybridized carbons (Fsp3) is 0.417. The SMILES string of the molecule is Cl.O=C(CC1NCCNC1=O)NCc1cccnc1. The molecule has 2 heterocycles. The van der Waals surface area contributed by atoms with E-state index in [-0.39, 0.29) is 30.6 Å². The number of hydrogen-bond acceptors (Lipinski definition) is 4. The van der Waals surface area contributed by atoms with E-state index in [4.69, 9.17) is 0 Å². The van der Waals surface area contributed by atoms with Gasteiger partial charge in [0.1, 0.15) is 0 Å². The van der Waals surface area contributed by atoms with E-state index in [1.165, 1.54) is 0 Å². The van der Waals surface area contributed by atoms with Gasteiger partial charge in [-0.25, -0.2) is 0 Å². The van der Waals surface area contributed by atoms with Crippen molar-refractivity contribution in [1.82, 2.24) is 20.9 Å². The molecule has 1 unspecified atom stereocenters. The van der Waals surface area contributed by atoms with E-state index >= 15 is 0 Å². The molecule has 2 rings (SSSR count). The highest BCUT2D eigenvalue weighted by Gasteiger charge is 2.23. The van der Waals surface area contributed by atoms with Gasteiger partial charge in [-0.1, -0.05) is 6.07 Å². The van der Waals surface area contributed by atoms with Crippen LogP contribution in [0.5, 0.6) is 0 Å². The van der Waals surface area contributed by atoms with Crippen LogP contribution in [-0.4, -0.2) is 35.9 Å². The smallest absolute Gasteiger partial charge is 0.237 e. The quantitative estimate of drug-likeness (QED) is 0.702. The molecule has 1 aliphatic rings. The largest absolute Gasteiger partial charge is 0.353 e. The minimum absolute atomic E-state index is 0. The number of halogens is 1. The second kappa shape index (κ2) is 7.70. The molecule has 19 heavy (non-hydrogen) atoms. The summed E-state index contributed by atoms with van der Waals surface area (Å²) < 4.78 is 0. The van der Waals surface area contributed by atoms with Gasteiger partial charge in [0.25, 0.3) is 0 Å². The van der Waals surface area contributed by atoms with Gasteiger partial charge in [0.2, 0.25) is 11.8 Å². The summed E-state index contributed by atoms with van der Waals surface area (Å²) in [5.41, 5.74) is 0.937. The maximum atomic E-state index is 11.7. The Kier molecular flexibility index (Phi) is 6.24. The Morgan fingerprint density at radius 3 is 3.00 bits per heavy atom. The Balaban J connectivity index is 0.00000180. The lowest BCUT2D eigenvalue weighted by Gasteiger charge is -2.22. The predicted molar refractivity (Wildman–Crippen MR) is 72.7 cm³/mol. The van der Waals surface area contributed by atoms with Gasteiger partial charge in [-0.2, -0.15) is 0 Å². The van der Waals surface area contributed by atoms with E-state index in [9.17, 15) is 9.59 Å². The first-order chi connectivity index (χ1) is 8.75. The summed E-state index contributed by atoms with van der Waals surface area (Å²) in [5, 5.41) is 8.50. The van der Waals surface area contributed by atoms with Gasteiger partial charge in [-0.3, -0.25) is 14.6 Å². The number of aromatic nitrogens is 1. The van der Waals surface area contributed by atoms with E-state index < -0.39 is 6.04 Å². The molecule has 0 saturated carbocycles. The molecule has 0 radical (unpaired) electrons. The number of hydrogen-bond donors (Lipinski definition) is 3. The Hall–Kier alpha value is -1.66. The standard InChI is InChI=1S/C12H16N4O2.ClH/c17-11(6-10-12(18)15-5-4-14-10)16-8-9-2-1-3-13-7-9;/h1-3,7,10,14H,4-6,8H2,(H,15,18)(H,16,17);1H. The molecule has 1 fully saturated rings. The van der Waals surface area contributed by atoms with Crippen molar-refractivity contribution >= 4 is 24.2 Å². The minimum Gasteiger partial charge on any atom is -0.353 e. The number of carbonyl (C=O) groups excluding carboxylic acids is 2. The summed E-state index contributed by atoms with van der Waals surface area (Å²) in [7, 11) is 0. The number of piperazine rings is 1. The number of nitrogens with zero attached hydrogens (tertiary/aromatic N) is 1. The first-order valence-electron chi connectivity index (χ1n) is 5.92. The Labute approximate surface area is 117 Å². The summed E-state index contributed by atoms with van der Waals surface area (Å²) in [6, 6.07) is 3.28. The lowest BCUT2D eigenvalue weighted by Crippen LogP contribution is -2.54. The molecule has 1 saturated heterocycles. The van der Waals surface area contributed by atoms with Crippen LogP contribution in [0.1, 0.15) is 12.0 Å². The van der Waals surface area contributed by atoms with Crippen LogP contribution < -0.4 is 16.0 Å². The first-order valence-corrected chi connectivity index (χ1v) is 5.92. The predicted octanol–water partition coefficient (Wildman–Crippen LogP) is -0.402. The van der Waals surface area contributed by atoms with Gasteiger partial charge in [-0.15, -0.1) is 12.4 Å². The van der Waals surface area contributed by atoms with Gasteiger partial charge >= 0.3 is 0 Å². The maximum absolute atomic E-state index is 11.7. The maximum Gasteiger partial charge on any atom is 0.237 e. The van der Waals surface area contributed by atoms with Crippen LogP contribution in [0.15, 0.2) is 24.5 Å². The molecule has 1 aliphatic heterocycles. The molecule has 7 heteroatoms. The van der Waals surface area contributed by atoms with Crippen molar-refractivity contribution in [3.8, 4) is 0 Å². The van der Waals surface area contributed by atoms with Crippen LogP contribution in [0, 0.1) is 0 Å². The first kappa shape index (κ1) is 15.4. The van der Waals surface area contributed by atoms with Gasteiger partial charge in [0, 0.05) is 32.0 Å². The number of amides is 2. The molecular weight excluding hydrogens is 268 g/mol. The molecule has 0 bridgehead atoms. The number of pyridine rings is 1. The van der Waals surface area contributed by atoms with Crippen LogP contribution in [0.4, 0.5) is 0 Å². The van der Waals surface area contributed by atoms with Gasteiger partial charge in [0.15, 0.2) is 0 Å². The summed E-state index contributed by atoms with van der Waals surface area (Å²) >= 11 is 0. The zero-order valence-corrected chi connectivity index (χ0v) is 11.2. The summed E-state index contributed by atoms with van der Waals surface area (Å²) in [5.74, 6) is -0.258. The highest BCUT2D eigenvalue weighted by atomic mass is 35.5. The highest BCUT2D eigenvalue weighted by Crippen LogP contribution is 1.98. The van der Waals surface area contributed by atoms with E-state index in [0.717, 1.165) is 5.56 Å². The lowest BCUT2D eigenvalue weighted by molar-refractivity contribution is -0.129. The Bertz CT molecular complexity index is 427. The molecule has 3 N–H and O–H groups in total. The van der Waals surface area contributed by atoms with E-state index in [0.29, 0.717) is 19.6 Å². The third kappa shape index (κ3) is 4.84.